The molecule has 0 unspecified atom stereocenters. The van der Waals surface area contributed by atoms with Crippen LogP contribution in [-0.4, -0.2) is 220 Å². The lowest BCUT2D eigenvalue weighted by atomic mass is 9.88. The summed E-state index contributed by atoms with van der Waals surface area (Å²) in [7, 11) is 0. The Morgan fingerprint density at radius 3 is 1.95 bits per heavy atom. The number of aromatic nitrogens is 1. The molecule has 2 atom stereocenters. The minimum absolute atomic E-state index is 0.00532. The van der Waals surface area contributed by atoms with Crippen LogP contribution in [0.3, 0.4) is 0 Å². The van der Waals surface area contributed by atoms with Crippen molar-refractivity contribution >= 4 is 41.6 Å². The summed E-state index contributed by atoms with van der Waals surface area (Å²) in [5.41, 5.74) is -2.07. The normalized spacial score (nSPS) is 19.5. The third kappa shape index (κ3) is 21.0. The molecule has 79 heavy (non-hydrogen) atoms. The molecule has 2 aromatic rings. The van der Waals surface area contributed by atoms with E-state index in [9.17, 15) is 52.7 Å². The minimum Gasteiger partial charge on any atom is -0.494 e. The van der Waals surface area contributed by atoms with Crippen molar-refractivity contribution in [3.05, 3.63) is 48.3 Å². The number of carboxylic acid groups (broad SMARTS) is 1. The quantitative estimate of drug-likeness (QED) is 0.0885. The van der Waals surface area contributed by atoms with E-state index in [1.54, 1.807) is 97.5 Å². The van der Waals surface area contributed by atoms with Gasteiger partial charge in [0.2, 0.25) is 11.8 Å². The van der Waals surface area contributed by atoms with Gasteiger partial charge in [-0.1, -0.05) is 18.6 Å². The van der Waals surface area contributed by atoms with Gasteiger partial charge in [-0.15, -0.1) is 0 Å². The van der Waals surface area contributed by atoms with E-state index in [2.05, 4.69) is 15.2 Å². The average Bonchev–Trinajstić information content (AvgIpc) is 3.63. The number of pyridine rings is 1. The van der Waals surface area contributed by atoms with Gasteiger partial charge in [0.15, 0.2) is 0 Å². The summed E-state index contributed by atoms with van der Waals surface area (Å²) in [6, 6.07) is 9.00. The van der Waals surface area contributed by atoms with Gasteiger partial charge in [-0.2, -0.15) is 5.26 Å². The topological polar surface area (TPSA) is 245 Å². The van der Waals surface area contributed by atoms with Crippen molar-refractivity contribution in [2.24, 2.45) is 0 Å². The molecule has 1 aromatic carbocycles. The number of nitriles is 1. The molecular weight excluding hydrogens is 1030 g/mol. The highest BCUT2D eigenvalue weighted by Crippen LogP contribution is 2.33. The van der Waals surface area contributed by atoms with E-state index in [0.717, 1.165) is 4.90 Å². The van der Waals surface area contributed by atoms with Crippen molar-refractivity contribution in [2.75, 3.05) is 105 Å². The number of nitrogens with one attached hydrogen (secondary N) is 1. The first-order valence-electron chi connectivity index (χ1n) is 27.0. The predicted molar refractivity (Wildman–Crippen MR) is 287 cm³/mol. The molecule has 5 rings (SSSR count). The molecule has 3 aliphatic rings. The molecule has 3 amide bonds. The number of nitrogens with zero attached hydrogens (tertiary/aromatic N) is 8. The molecule has 436 valence electrons. The Hall–Kier alpha value is -6.35. The monoisotopic (exact) mass is 1110 g/mol. The molecule has 0 bridgehead atoms. The third-order valence-corrected chi connectivity index (χ3v) is 13.3. The smallest absolute Gasteiger partial charge is 0.320 e. The number of carbonyl (C=O) groups excluding carboxylic acids is 6. The van der Waals surface area contributed by atoms with Crippen LogP contribution in [-0.2, 0) is 43.0 Å². The Balaban J connectivity index is 1.19. The standard InChI is InChI=1S/C56H81F2N9O12/c1-52(2,3)77-48(72)13-10-11-19-55(66(34-47(70)71)36-50(74)79-54(7,8)9)37-63(22-23-64(38-55)35-49(73)78-53(4,5)6)33-46(69)65-26-24-62(25-27-65)21-12-28-76-42-16-14-40(15-17-42)44-31-60-20-18-43(44)51(75)61-32-45(68)67-39-56(57,58)29-41(67)30-59/h14-18,20,31,41H,10-13,19,21-29,32-39H2,1-9H3,(H,61,75)(H,70,71)/t41-,55-/m0/s1. The number of hydrogen-bond donors (Lipinski definition) is 2. The van der Waals surface area contributed by atoms with Crippen LogP contribution in [0.1, 0.15) is 111 Å². The fourth-order valence-corrected chi connectivity index (χ4v) is 9.96. The molecule has 1 aromatic heterocycles. The van der Waals surface area contributed by atoms with Gasteiger partial charge in [0.05, 0.1) is 57.5 Å². The van der Waals surface area contributed by atoms with Crippen molar-refractivity contribution in [3.63, 3.8) is 0 Å². The van der Waals surface area contributed by atoms with E-state index in [0.29, 0.717) is 95.0 Å². The van der Waals surface area contributed by atoms with Gasteiger partial charge in [-0.3, -0.25) is 58.1 Å². The number of benzene rings is 1. The number of hydrogen-bond acceptors (Lipinski definition) is 17. The zero-order valence-electron chi connectivity index (χ0n) is 47.4. The second kappa shape index (κ2) is 27.7. The first-order chi connectivity index (χ1) is 36.9. The van der Waals surface area contributed by atoms with E-state index in [1.807, 2.05) is 14.7 Å². The predicted octanol–water partition coefficient (Wildman–Crippen LogP) is 4.48. The number of ether oxygens (including phenoxy) is 4. The molecular formula is C56H81F2N9O12. The second-order valence-electron chi connectivity index (χ2n) is 23.6. The van der Waals surface area contributed by atoms with Crippen LogP contribution in [0.25, 0.3) is 11.1 Å². The van der Waals surface area contributed by atoms with E-state index in [1.165, 1.54) is 18.5 Å². The summed E-state index contributed by atoms with van der Waals surface area (Å²) in [5, 5.41) is 22.1. The number of esters is 3. The summed E-state index contributed by atoms with van der Waals surface area (Å²) in [6.45, 7) is 17.8. The summed E-state index contributed by atoms with van der Waals surface area (Å²) < 4.78 is 50.8. The van der Waals surface area contributed by atoms with Gasteiger partial charge in [0.1, 0.15) is 28.6 Å². The van der Waals surface area contributed by atoms with Crippen LogP contribution < -0.4 is 10.1 Å². The molecule has 3 aliphatic heterocycles. The average molecular weight is 1110 g/mol. The van der Waals surface area contributed by atoms with Gasteiger partial charge in [0, 0.05) is 95.2 Å². The number of piperazine rings is 1. The molecule has 3 fully saturated rings. The summed E-state index contributed by atoms with van der Waals surface area (Å²) in [4.78, 5) is 107. The number of carboxylic acids is 1. The fraction of sp³-hybridized carbons (Fsp3) is 0.661. The molecule has 0 saturated carbocycles. The van der Waals surface area contributed by atoms with E-state index >= 15 is 0 Å². The van der Waals surface area contributed by atoms with Gasteiger partial charge in [-0.05, 0) is 105 Å². The lowest BCUT2D eigenvalue weighted by Gasteiger charge is -2.46. The van der Waals surface area contributed by atoms with Gasteiger partial charge in [0.25, 0.3) is 11.8 Å². The number of alkyl halides is 2. The van der Waals surface area contributed by atoms with Crippen molar-refractivity contribution in [1.82, 2.24) is 39.7 Å². The number of likely N-dealkylation sites (tertiary alicyclic amines) is 1. The van der Waals surface area contributed by atoms with Crippen LogP contribution in [0.5, 0.6) is 5.75 Å². The van der Waals surface area contributed by atoms with Crippen LogP contribution in [0.2, 0.25) is 0 Å². The Morgan fingerprint density at radius 1 is 0.747 bits per heavy atom. The lowest BCUT2D eigenvalue weighted by Crippen LogP contribution is -2.62. The number of unbranched alkanes of at least 4 members (excludes halogenated alkanes) is 1. The Morgan fingerprint density at radius 2 is 1.34 bits per heavy atom. The number of aliphatic carboxylic acids is 1. The number of carbonyl (C=O) groups is 7. The van der Waals surface area contributed by atoms with Gasteiger partial charge in [-0.25, -0.2) is 8.78 Å². The number of rotatable bonds is 23. The summed E-state index contributed by atoms with van der Waals surface area (Å²) in [5.74, 6) is -6.73. The maximum absolute atomic E-state index is 14.2. The number of halogens is 2. The maximum Gasteiger partial charge on any atom is 0.320 e. The molecule has 21 nitrogen and oxygen atoms in total. The van der Waals surface area contributed by atoms with E-state index < -0.39 is 90.1 Å². The summed E-state index contributed by atoms with van der Waals surface area (Å²) in [6.07, 6.45) is 4.15. The minimum atomic E-state index is -3.18. The molecule has 0 spiro atoms. The highest BCUT2D eigenvalue weighted by atomic mass is 19.3. The van der Waals surface area contributed by atoms with Crippen LogP contribution >= 0.6 is 0 Å². The molecule has 0 radical (unpaired) electrons. The first-order valence-corrected chi connectivity index (χ1v) is 27.0. The fourth-order valence-electron chi connectivity index (χ4n) is 9.96. The first kappa shape index (κ1) is 63.5. The van der Waals surface area contributed by atoms with Crippen LogP contribution in [0.4, 0.5) is 8.78 Å². The Labute approximate surface area is 462 Å². The molecule has 0 aliphatic carbocycles. The molecule has 23 heteroatoms. The van der Waals surface area contributed by atoms with E-state index in [-0.39, 0.29) is 56.6 Å². The van der Waals surface area contributed by atoms with E-state index in [4.69, 9.17) is 18.9 Å². The summed E-state index contributed by atoms with van der Waals surface area (Å²) >= 11 is 0. The highest BCUT2D eigenvalue weighted by Gasteiger charge is 2.48. The van der Waals surface area contributed by atoms with Crippen molar-refractivity contribution in [3.8, 4) is 22.9 Å². The zero-order chi connectivity index (χ0) is 58.3. The second-order valence-corrected chi connectivity index (χ2v) is 23.6. The Kier molecular flexibility index (Phi) is 22.2. The Bertz CT molecular complexity index is 2480. The van der Waals surface area contributed by atoms with Crippen molar-refractivity contribution in [2.45, 2.75) is 135 Å². The third-order valence-electron chi connectivity index (χ3n) is 13.3. The number of amides is 3. The van der Waals surface area contributed by atoms with Gasteiger partial charge < -0.3 is 39.2 Å². The lowest BCUT2D eigenvalue weighted by molar-refractivity contribution is -0.161. The zero-order valence-corrected chi connectivity index (χ0v) is 47.4. The molecule has 3 saturated heterocycles. The van der Waals surface area contributed by atoms with Crippen molar-refractivity contribution in [1.29, 1.82) is 5.26 Å². The maximum atomic E-state index is 14.2. The van der Waals surface area contributed by atoms with Crippen LogP contribution in [0, 0.1) is 11.3 Å². The van der Waals surface area contributed by atoms with Crippen molar-refractivity contribution < 1.29 is 66.4 Å². The highest BCUT2D eigenvalue weighted by molar-refractivity contribution is 6.02. The largest absolute Gasteiger partial charge is 0.494 e. The molecule has 2 N–H and O–H groups in total. The van der Waals surface area contributed by atoms with Gasteiger partial charge >= 0.3 is 23.9 Å². The van der Waals surface area contributed by atoms with Crippen LogP contribution in [0.15, 0.2) is 42.7 Å². The molecule has 4 heterocycles. The SMILES string of the molecule is CC(C)(C)OC(=O)CCCC[C@@]1(N(CC(=O)O)CC(=O)OC(C)(C)C)CN(CC(=O)OC(C)(C)C)CCN(CC(=O)N2CCN(CCCOc3ccc(-c4cnccc4C(=O)NCC(=O)N4CC(F)(F)C[C@H]4C#N)cc3)CC2)C1.